The van der Waals surface area contributed by atoms with Gasteiger partial charge >= 0.3 is 0 Å². The third-order valence-electron chi connectivity index (χ3n) is 3.14. The molecule has 0 unspecified atom stereocenters. The van der Waals surface area contributed by atoms with Crippen LogP contribution >= 0.6 is 0 Å². The lowest BCUT2D eigenvalue weighted by Gasteiger charge is -2.08. The molecule has 0 aliphatic rings. The van der Waals surface area contributed by atoms with Crippen molar-refractivity contribution in [1.29, 1.82) is 0 Å². The van der Waals surface area contributed by atoms with Gasteiger partial charge in [0.05, 0.1) is 18.5 Å². The molecule has 0 atom stereocenters. The summed E-state index contributed by atoms with van der Waals surface area (Å²) in [5.41, 5.74) is 2.99. The van der Waals surface area contributed by atoms with E-state index in [2.05, 4.69) is 17.2 Å². The predicted octanol–water partition coefficient (Wildman–Crippen LogP) is 2.65. The summed E-state index contributed by atoms with van der Waals surface area (Å²) in [5.74, 6) is 0.764. The van der Waals surface area contributed by atoms with Crippen LogP contribution in [0.3, 0.4) is 0 Å². The van der Waals surface area contributed by atoms with E-state index in [9.17, 15) is 0 Å². The van der Waals surface area contributed by atoms with Crippen LogP contribution < -0.4 is 10.1 Å². The molecule has 2 N–H and O–H groups in total. The summed E-state index contributed by atoms with van der Waals surface area (Å²) in [6, 6.07) is 11.6. The molecule has 2 rings (SSSR count). The average Bonchev–Trinajstić information content (AvgIpc) is 2.55. The lowest BCUT2D eigenvalue weighted by atomic mass is 10.1. The lowest BCUT2D eigenvalue weighted by Crippen LogP contribution is -2.14. The van der Waals surface area contributed by atoms with Crippen LogP contribution in [-0.4, -0.2) is 16.6 Å². The van der Waals surface area contributed by atoms with Crippen LogP contribution in [0, 0.1) is 0 Å². The number of ether oxygens (including phenoxy) is 1. The molecule has 112 valence electrons. The Morgan fingerprint density at radius 3 is 2.48 bits per heavy atom. The molecule has 1 aromatic heterocycles. The van der Waals surface area contributed by atoms with Gasteiger partial charge in [0.2, 0.25) is 0 Å². The molecule has 0 saturated heterocycles. The number of nitrogens with zero attached hydrogens (tertiary/aromatic N) is 1. The normalized spacial score (nSPS) is 10.6. The molecule has 4 nitrogen and oxygen atoms in total. The SMILES string of the molecule is CCCNCc1ccc(OCc2ccc(CO)cc2)cn1. The maximum atomic E-state index is 9.00. The minimum Gasteiger partial charge on any atom is -0.487 e. The van der Waals surface area contributed by atoms with Crippen molar-refractivity contribution < 1.29 is 9.84 Å². The third kappa shape index (κ3) is 5.17. The summed E-state index contributed by atoms with van der Waals surface area (Å²) in [7, 11) is 0. The average molecular weight is 286 g/mol. The van der Waals surface area contributed by atoms with Gasteiger partial charge in [0.15, 0.2) is 0 Å². The smallest absolute Gasteiger partial charge is 0.138 e. The van der Waals surface area contributed by atoms with Crippen molar-refractivity contribution in [3.63, 3.8) is 0 Å². The predicted molar refractivity (Wildman–Crippen MR) is 82.9 cm³/mol. The van der Waals surface area contributed by atoms with Gasteiger partial charge in [-0.1, -0.05) is 31.2 Å². The monoisotopic (exact) mass is 286 g/mol. The van der Waals surface area contributed by atoms with Gasteiger partial charge < -0.3 is 15.2 Å². The van der Waals surface area contributed by atoms with Crippen LogP contribution in [0.4, 0.5) is 0 Å². The van der Waals surface area contributed by atoms with Crippen LogP contribution in [0.5, 0.6) is 5.75 Å². The van der Waals surface area contributed by atoms with Gasteiger partial charge in [0.25, 0.3) is 0 Å². The van der Waals surface area contributed by atoms with Crippen molar-refractivity contribution in [3.05, 3.63) is 59.4 Å². The molecule has 4 heteroatoms. The van der Waals surface area contributed by atoms with Crippen LogP contribution in [0.1, 0.15) is 30.2 Å². The Kier molecular flexibility index (Phi) is 6.19. The zero-order valence-electron chi connectivity index (χ0n) is 12.4. The van der Waals surface area contributed by atoms with Crippen molar-refractivity contribution in [1.82, 2.24) is 10.3 Å². The zero-order chi connectivity index (χ0) is 14.9. The van der Waals surface area contributed by atoms with E-state index in [4.69, 9.17) is 9.84 Å². The second kappa shape index (κ2) is 8.39. The number of hydrogen-bond acceptors (Lipinski definition) is 4. The zero-order valence-corrected chi connectivity index (χ0v) is 12.4. The molecule has 0 aliphatic heterocycles. The van der Waals surface area contributed by atoms with E-state index in [-0.39, 0.29) is 6.61 Å². The Bertz CT molecular complexity index is 523. The second-order valence-corrected chi connectivity index (χ2v) is 4.93. The quantitative estimate of drug-likeness (QED) is 0.733. The fraction of sp³-hybridized carbons (Fsp3) is 0.353. The maximum absolute atomic E-state index is 9.00. The topological polar surface area (TPSA) is 54.4 Å². The first-order valence-electron chi connectivity index (χ1n) is 7.29. The highest BCUT2D eigenvalue weighted by molar-refractivity contribution is 5.23. The molecule has 0 fully saturated rings. The Hall–Kier alpha value is -1.91. The van der Waals surface area contributed by atoms with E-state index >= 15 is 0 Å². The Morgan fingerprint density at radius 1 is 1.10 bits per heavy atom. The highest BCUT2D eigenvalue weighted by Gasteiger charge is 1.99. The number of benzene rings is 1. The first kappa shape index (κ1) is 15.5. The van der Waals surface area contributed by atoms with Crippen molar-refractivity contribution in [2.24, 2.45) is 0 Å². The van der Waals surface area contributed by atoms with Crippen molar-refractivity contribution in [2.45, 2.75) is 33.1 Å². The van der Waals surface area contributed by atoms with Gasteiger partial charge in [-0.25, -0.2) is 0 Å². The number of rotatable bonds is 8. The summed E-state index contributed by atoms with van der Waals surface area (Å²) in [4.78, 5) is 4.37. The number of pyridine rings is 1. The lowest BCUT2D eigenvalue weighted by molar-refractivity contribution is 0.281. The summed E-state index contributed by atoms with van der Waals surface area (Å²) in [6.07, 6.45) is 2.88. The summed E-state index contributed by atoms with van der Waals surface area (Å²) < 4.78 is 5.70. The van der Waals surface area contributed by atoms with Gasteiger partial charge in [0.1, 0.15) is 12.4 Å². The van der Waals surface area contributed by atoms with Crippen LogP contribution in [0.25, 0.3) is 0 Å². The van der Waals surface area contributed by atoms with Gasteiger partial charge in [-0.05, 0) is 36.2 Å². The largest absolute Gasteiger partial charge is 0.487 e. The summed E-state index contributed by atoms with van der Waals surface area (Å²) >= 11 is 0. The Balaban J connectivity index is 1.82. The van der Waals surface area contributed by atoms with Gasteiger partial charge in [-0.15, -0.1) is 0 Å². The Labute approximate surface area is 125 Å². The van der Waals surface area contributed by atoms with Gasteiger partial charge in [-0.2, -0.15) is 0 Å². The van der Waals surface area contributed by atoms with Crippen LogP contribution in [0.15, 0.2) is 42.6 Å². The van der Waals surface area contributed by atoms with E-state index in [0.29, 0.717) is 6.61 Å². The fourth-order valence-electron chi connectivity index (χ4n) is 1.90. The first-order chi connectivity index (χ1) is 10.3. The van der Waals surface area contributed by atoms with Crippen LogP contribution in [-0.2, 0) is 19.8 Å². The van der Waals surface area contributed by atoms with E-state index in [0.717, 1.165) is 42.1 Å². The molecule has 21 heavy (non-hydrogen) atoms. The molecular formula is C17H22N2O2. The molecule has 1 aromatic carbocycles. The van der Waals surface area contributed by atoms with Gasteiger partial charge in [0, 0.05) is 6.54 Å². The maximum Gasteiger partial charge on any atom is 0.138 e. The molecule has 0 spiro atoms. The van der Waals surface area contributed by atoms with E-state index in [1.807, 2.05) is 36.4 Å². The van der Waals surface area contributed by atoms with Crippen molar-refractivity contribution in [3.8, 4) is 5.75 Å². The highest BCUT2D eigenvalue weighted by Crippen LogP contribution is 2.12. The number of aliphatic hydroxyl groups excluding tert-OH is 1. The van der Waals surface area contributed by atoms with Crippen molar-refractivity contribution in [2.75, 3.05) is 6.54 Å². The van der Waals surface area contributed by atoms with Crippen LogP contribution in [0.2, 0.25) is 0 Å². The standard InChI is InChI=1S/C17H22N2O2/c1-2-9-18-10-16-7-8-17(11-19-16)21-13-15-5-3-14(12-20)4-6-15/h3-8,11,18,20H,2,9-10,12-13H2,1H3. The number of aliphatic hydroxyl groups is 1. The summed E-state index contributed by atoms with van der Waals surface area (Å²) in [6.45, 7) is 4.50. The van der Waals surface area contributed by atoms with E-state index in [1.54, 1.807) is 6.20 Å². The molecule has 1 heterocycles. The number of nitrogens with one attached hydrogen (secondary N) is 1. The highest BCUT2D eigenvalue weighted by atomic mass is 16.5. The third-order valence-corrected chi connectivity index (χ3v) is 3.14. The van der Waals surface area contributed by atoms with Gasteiger partial charge in [-0.3, -0.25) is 4.98 Å². The van der Waals surface area contributed by atoms with Crippen molar-refractivity contribution >= 4 is 0 Å². The molecule has 0 bridgehead atoms. The molecule has 0 amide bonds. The second-order valence-electron chi connectivity index (χ2n) is 4.93. The fourth-order valence-corrected chi connectivity index (χ4v) is 1.90. The minimum atomic E-state index is 0.0680. The number of aromatic nitrogens is 1. The molecule has 0 aliphatic carbocycles. The molecule has 2 aromatic rings. The minimum absolute atomic E-state index is 0.0680. The molecule has 0 saturated carbocycles. The van der Waals surface area contributed by atoms with E-state index < -0.39 is 0 Å². The number of hydrogen-bond donors (Lipinski definition) is 2. The summed E-state index contributed by atoms with van der Waals surface area (Å²) in [5, 5.41) is 12.3. The Morgan fingerprint density at radius 2 is 1.86 bits per heavy atom. The molecule has 0 radical (unpaired) electrons. The molecular weight excluding hydrogens is 264 g/mol. The first-order valence-corrected chi connectivity index (χ1v) is 7.29. The van der Waals surface area contributed by atoms with E-state index in [1.165, 1.54) is 0 Å².